The Labute approximate surface area is 82.6 Å². The Morgan fingerprint density at radius 3 is 1.92 bits per heavy atom. The summed E-state index contributed by atoms with van der Waals surface area (Å²) in [5, 5.41) is 3.69. The fourth-order valence-electron chi connectivity index (χ4n) is 2.81. The minimum absolute atomic E-state index is 0.284. The van der Waals surface area contributed by atoms with Gasteiger partial charge in [0.1, 0.15) is 0 Å². The van der Waals surface area contributed by atoms with Gasteiger partial charge in [-0.2, -0.15) is 0 Å². The minimum atomic E-state index is 0.284. The molecule has 1 nitrogen and oxygen atoms in total. The normalized spacial score (nSPS) is 28.1. The van der Waals surface area contributed by atoms with E-state index in [-0.39, 0.29) is 11.1 Å². The van der Waals surface area contributed by atoms with Crippen LogP contribution in [0.1, 0.15) is 47.5 Å². The number of hydrogen-bond donors (Lipinski definition) is 1. The Morgan fingerprint density at radius 2 is 1.54 bits per heavy atom. The first-order chi connectivity index (χ1) is 5.85. The van der Waals surface area contributed by atoms with E-state index in [0.717, 1.165) is 5.92 Å². The summed E-state index contributed by atoms with van der Waals surface area (Å²) in [6.07, 6.45) is 7.04. The molecule has 13 heavy (non-hydrogen) atoms. The molecule has 0 unspecified atom stereocenters. The highest BCUT2D eigenvalue weighted by Gasteiger charge is 2.36. The van der Waals surface area contributed by atoms with Crippen LogP contribution in [0.15, 0.2) is 12.2 Å². The second kappa shape index (κ2) is 3.45. The third kappa shape index (κ3) is 3.15. The molecule has 1 heteroatoms. The molecule has 0 aliphatic carbocycles. The highest BCUT2D eigenvalue weighted by molar-refractivity contribution is 5.02. The van der Waals surface area contributed by atoms with Gasteiger partial charge in [-0.15, -0.1) is 0 Å². The van der Waals surface area contributed by atoms with Gasteiger partial charge in [0.15, 0.2) is 0 Å². The van der Waals surface area contributed by atoms with Crippen LogP contribution in [0.25, 0.3) is 0 Å². The fraction of sp³-hybridized carbons (Fsp3) is 0.833. The molecular formula is C12H23N. The zero-order valence-corrected chi connectivity index (χ0v) is 9.65. The monoisotopic (exact) mass is 181 g/mol. The van der Waals surface area contributed by atoms with Gasteiger partial charge in [-0.05, 0) is 53.4 Å². The maximum absolute atomic E-state index is 3.69. The van der Waals surface area contributed by atoms with E-state index in [1.54, 1.807) is 0 Å². The molecule has 0 amide bonds. The van der Waals surface area contributed by atoms with E-state index in [2.05, 4.69) is 52.1 Å². The van der Waals surface area contributed by atoms with Gasteiger partial charge < -0.3 is 5.32 Å². The van der Waals surface area contributed by atoms with Crippen LogP contribution in [0.4, 0.5) is 0 Å². The van der Waals surface area contributed by atoms with Gasteiger partial charge in [-0.3, -0.25) is 0 Å². The molecule has 0 aromatic rings. The molecule has 1 aliphatic rings. The molecule has 0 aromatic carbocycles. The number of piperidine rings is 1. The minimum Gasteiger partial charge on any atom is -0.307 e. The van der Waals surface area contributed by atoms with Crippen molar-refractivity contribution in [1.82, 2.24) is 5.32 Å². The molecule has 0 radical (unpaired) electrons. The van der Waals surface area contributed by atoms with Crippen LogP contribution >= 0.6 is 0 Å². The lowest BCUT2D eigenvalue weighted by molar-refractivity contribution is 0.150. The summed E-state index contributed by atoms with van der Waals surface area (Å²) >= 11 is 0. The summed E-state index contributed by atoms with van der Waals surface area (Å²) in [4.78, 5) is 0. The van der Waals surface area contributed by atoms with Gasteiger partial charge >= 0.3 is 0 Å². The van der Waals surface area contributed by atoms with Crippen LogP contribution < -0.4 is 5.32 Å². The van der Waals surface area contributed by atoms with Crippen molar-refractivity contribution in [2.24, 2.45) is 5.92 Å². The van der Waals surface area contributed by atoms with Crippen LogP contribution in [-0.2, 0) is 0 Å². The van der Waals surface area contributed by atoms with Crippen molar-refractivity contribution in [3.63, 3.8) is 0 Å². The zero-order chi connectivity index (χ0) is 10.1. The van der Waals surface area contributed by atoms with Crippen molar-refractivity contribution in [2.45, 2.75) is 58.5 Å². The molecule has 0 atom stereocenters. The summed E-state index contributed by atoms with van der Waals surface area (Å²) in [5.41, 5.74) is 0.567. The lowest BCUT2D eigenvalue weighted by atomic mass is 9.76. The quantitative estimate of drug-likeness (QED) is 0.613. The van der Waals surface area contributed by atoms with Crippen LogP contribution in [0.3, 0.4) is 0 Å². The molecular weight excluding hydrogens is 158 g/mol. The number of allylic oxidation sites excluding steroid dienone is 2. The first-order valence-electron chi connectivity index (χ1n) is 5.27. The molecule has 1 heterocycles. The topological polar surface area (TPSA) is 12.0 Å². The zero-order valence-electron chi connectivity index (χ0n) is 9.65. The predicted molar refractivity (Wildman–Crippen MR) is 58.8 cm³/mol. The lowest BCUT2D eigenvalue weighted by Gasteiger charge is -2.45. The predicted octanol–water partition coefficient (Wildman–Crippen LogP) is 3.12. The van der Waals surface area contributed by atoms with Gasteiger partial charge in [0.25, 0.3) is 0 Å². The first kappa shape index (κ1) is 10.8. The molecule has 76 valence electrons. The van der Waals surface area contributed by atoms with Crippen LogP contribution in [0.2, 0.25) is 0 Å². The molecule has 0 spiro atoms. The van der Waals surface area contributed by atoms with Gasteiger partial charge in [-0.25, -0.2) is 0 Å². The highest BCUT2D eigenvalue weighted by atomic mass is 15.0. The summed E-state index contributed by atoms with van der Waals surface area (Å²) in [5.74, 6) is 0.747. The summed E-state index contributed by atoms with van der Waals surface area (Å²) in [7, 11) is 0. The van der Waals surface area contributed by atoms with Crippen LogP contribution in [-0.4, -0.2) is 11.1 Å². The summed E-state index contributed by atoms with van der Waals surface area (Å²) < 4.78 is 0. The summed E-state index contributed by atoms with van der Waals surface area (Å²) in [6, 6.07) is 0. The average molecular weight is 181 g/mol. The van der Waals surface area contributed by atoms with Crippen LogP contribution in [0, 0.1) is 5.92 Å². The van der Waals surface area contributed by atoms with Gasteiger partial charge in [-0.1, -0.05) is 12.2 Å². The number of rotatable bonds is 1. The second-order valence-electron chi connectivity index (χ2n) is 5.59. The Kier molecular flexibility index (Phi) is 2.86. The third-order valence-electron chi connectivity index (χ3n) is 2.69. The molecule has 1 N–H and O–H groups in total. The van der Waals surface area contributed by atoms with E-state index in [1.165, 1.54) is 12.8 Å². The van der Waals surface area contributed by atoms with Crippen molar-refractivity contribution in [3.05, 3.63) is 12.2 Å². The van der Waals surface area contributed by atoms with Crippen molar-refractivity contribution < 1.29 is 0 Å². The third-order valence-corrected chi connectivity index (χ3v) is 2.69. The first-order valence-corrected chi connectivity index (χ1v) is 5.27. The Morgan fingerprint density at radius 1 is 1.08 bits per heavy atom. The largest absolute Gasteiger partial charge is 0.307 e. The Bertz CT molecular complexity index is 185. The molecule has 0 saturated carbocycles. The van der Waals surface area contributed by atoms with Gasteiger partial charge in [0.05, 0.1) is 0 Å². The second-order valence-corrected chi connectivity index (χ2v) is 5.59. The molecule has 1 rings (SSSR count). The molecule has 1 aliphatic heterocycles. The maximum Gasteiger partial charge on any atom is 0.0135 e. The molecule has 0 aromatic heterocycles. The number of hydrogen-bond acceptors (Lipinski definition) is 1. The van der Waals surface area contributed by atoms with E-state index in [1.807, 2.05) is 0 Å². The van der Waals surface area contributed by atoms with E-state index >= 15 is 0 Å². The Hall–Kier alpha value is -0.300. The SMILES string of the molecule is CC=CC1CC(C)(C)NC(C)(C)C1. The summed E-state index contributed by atoms with van der Waals surface area (Å²) in [6.45, 7) is 11.3. The average Bonchev–Trinajstić information content (AvgIpc) is 1.78. The van der Waals surface area contributed by atoms with E-state index in [4.69, 9.17) is 0 Å². The van der Waals surface area contributed by atoms with E-state index in [0.29, 0.717) is 0 Å². The maximum atomic E-state index is 3.69. The lowest BCUT2D eigenvalue weighted by Crippen LogP contribution is -2.57. The smallest absolute Gasteiger partial charge is 0.0135 e. The van der Waals surface area contributed by atoms with Gasteiger partial charge in [0.2, 0.25) is 0 Å². The fourth-order valence-corrected chi connectivity index (χ4v) is 2.81. The van der Waals surface area contributed by atoms with Crippen molar-refractivity contribution >= 4 is 0 Å². The van der Waals surface area contributed by atoms with Crippen molar-refractivity contribution in [3.8, 4) is 0 Å². The number of nitrogens with one attached hydrogen (secondary N) is 1. The van der Waals surface area contributed by atoms with Gasteiger partial charge in [0, 0.05) is 11.1 Å². The molecule has 0 bridgehead atoms. The van der Waals surface area contributed by atoms with Crippen LogP contribution in [0.5, 0.6) is 0 Å². The van der Waals surface area contributed by atoms with Crippen molar-refractivity contribution in [1.29, 1.82) is 0 Å². The Balaban J connectivity index is 2.72. The van der Waals surface area contributed by atoms with Crippen molar-refractivity contribution in [2.75, 3.05) is 0 Å². The standard InChI is InChI=1S/C12H23N/c1-6-7-10-8-11(2,3)13-12(4,5)9-10/h6-7,10,13H,8-9H2,1-5H3. The molecule has 1 fully saturated rings. The van der Waals surface area contributed by atoms with E-state index < -0.39 is 0 Å². The van der Waals surface area contributed by atoms with E-state index in [9.17, 15) is 0 Å². The highest BCUT2D eigenvalue weighted by Crippen LogP contribution is 2.33. The molecule has 1 saturated heterocycles.